The summed E-state index contributed by atoms with van der Waals surface area (Å²) in [5.41, 5.74) is 2.12. The molecule has 0 aliphatic heterocycles. The number of carbonyl (C=O) groups is 1. The average molecular weight is 522 g/mol. The molecule has 1 aliphatic carbocycles. The third kappa shape index (κ3) is 4.96. The van der Waals surface area contributed by atoms with Crippen molar-refractivity contribution in [3.8, 4) is 0 Å². The van der Waals surface area contributed by atoms with E-state index >= 15 is 0 Å². The Morgan fingerprint density at radius 1 is 1.07 bits per heavy atom. The Morgan fingerprint density at radius 3 is 2.50 bits per heavy atom. The standard InChI is InChI=1S/C21H22FIN5O2/c22-17-3-1-2-4-18(17)26-21-28-27-20(30-21)19(29)25-16-11-7-14(8-12-16)13-5-9-15(23-24)10-6-13/h1-4,7-8,11-13,15H,5-6,9-10,24H2,(H,25,29)(H,26,28)/q-1. The van der Waals surface area contributed by atoms with Gasteiger partial charge in [-0.05, 0) is 12.1 Å². The Labute approximate surface area is 184 Å². The molecule has 1 amide bonds. The molecule has 9 heteroatoms. The summed E-state index contributed by atoms with van der Waals surface area (Å²) >= 11 is -0.147. The van der Waals surface area contributed by atoms with Crippen molar-refractivity contribution < 1.29 is 35.1 Å². The fourth-order valence-electron chi connectivity index (χ4n) is 3.58. The molecule has 2 aromatic carbocycles. The molecule has 1 aliphatic rings. The van der Waals surface area contributed by atoms with Crippen LogP contribution in [0, 0.1) is 5.82 Å². The molecule has 1 fully saturated rings. The molecule has 4 rings (SSSR count). The first-order chi connectivity index (χ1) is 14.6. The Kier molecular flexibility index (Phi) is 6.58. The molecule has 30 heavy (non-hydrogen) atoms. The van der Waals surface area contributed by atoms with Crippen molar-refractivity contribution >= 4 is 23.3 Å². The van der Waals surface area contributed by atoms with Gasteiger partial charge in [0.2, 0.25) is 0 Å². The average Bonchev–Trinajstić information content (AvgIpc) is 3.25. The van der Waals surface area contributed by atoms with Crippen LogP contribution in [0.15, 0.2) is 52.9 Å². The second kappa shape index (κ2) is 9.52. The number of nitrogens with zero attached hydrogens (tertiary/aromatic N) is 2. The summed E-state index contributed by atoms with van der Waals surface area (Å²) in [7, 11) is 0. The van der Waals surface area contributed by atoms with E-state index < -0.39 is 11.7 Å². The quantitative estimate of drug-likeness (QED) is 0.255. The SMILES string of the molecule is N[I-]C1CCC(c2ccc(NC(=O)c3nnc(Nc4ccccc4F)o3)cc2)CC1. The summed E-state index contributed by atoms with van der Waals surface area (Å²) in [5.74, 6) is -0.630. The predicted molar refractivity (Wildman–Crippen MR) is 108 cm³/mol. The van der Waals surface area contributed by atoms with Gasteiger partial charge in [0.05, 0.1) is 5.69 Å². The number of aromatic nitrogens is 2. The molecule has 1 aromatic heterocycles. The molecule has 1 saturated carbocycles. The van der Waals surface area contributed by atoms with E-state index in [9.17, 15) is 9.18 Å². The van der Waals surface area contributed by atoms with Crippen LogP contribution in [0.25, 0.3) is 0 Å². The number of amides is 1. The van der Waals surface area contributed by atoms with Gasteiger partial charge in [-0.2, -0.15) is 0 Å². The van der Waals surface area contributed by atoms with E-state index in [1.54, 1.807) is 12.1 Å². The van der Waals surface area contributed by atoms with Crippen molar-refractivity contribution in [2.45, 2.75) is 35.5 Å². The van der Waals surface area contributed by atoms with E-state index in [0.29, 0.717) is 11.6 Å². The number of halogens is 2. The number of hydrogen-bond donors (Lipinski definition) is 3. The number of rotatable bonds is 6. The Hall–Kier alpha value is -2.53. The molecule has 0 saturated heterocycles. The van der Waals surface area contributed by atoms with Crippen molar-refractivity contribution in [2.75, 3.05) is 10.6 Å². The third-order valence-corrected chi connectivity index (χ3v) is 7.47. The van der Waals surface area contributed by atoms with E-state index in [-0.39, 0.29) is 39.1 Å². The second-order valence-corrected chi connectivity index (χ2v) is 9.65. The van der Waals surface area contributed by atoms with Gasteiger partial charge in [0.1, 0.15) is 5.82 Å². The van der Waals surface area contributed by atoms with Gasteiger partial charge in [0.15, 0.2) is 0 Å². The van der Waals surface area contributed by atoms with Gasteiger partial charge in [-0.15, -0.1) is 0 Å². The van der Waals surface area contributed by atoms with Crippen molar-refractivity contribution in [2.24, 2.45) is 3.95 Å². The summed E-state index contributed by atoms with van der Waals surface area (Å²) in [6.45, 7) is 0. The Bertz CT molecular complexity index is 1000. The van der Waals surface area contributed by atoms with E-state index in [2.05, 4.69) is 33.0 Å². The monoisotopic (exact) mass is 522 g/mol. The minimum atomic E-state index is -0.524. The predicted octanol–water partition coefficient (Wildman–Crippen LogP) is 1.19. The van der Waals surface area contributed by atoms with Gasteiger partial charge in [-0.3, -0.25) is 0 Å². The fourth-order valence-corrected chi connectivity index (χ4v) is 5.02. The first kappa shape index (κ1) is 20.7. The number of para-hydroxylation sites is 1. The second-order valence-electron chi connectivity index (χ2n) is 7.17. The van der Waals surface area contributed by atoms with Crippen LogP contribution in [0.5, 0.6) is 0 Å². The molecular formula is C21H22FIN5O2-. The first-order valence-electron chi connectivity index (χ1n) is 9.71. The van der Waals surface area contributed by atoms with Crippen LogP contribution in [-0.4, -0.2) is 20.0 Å². The Morgan fingerprint density at radius 2 is 1.80 bits per heavy atom. The van der Waals surface area contributed by atoms with Crippen molar-refractivity contribution in [3.05, 3.63) is 65.8 Å². The van der Waals surface area contributed by atoms with Gasteiger partial charge in [-0.25, -0.2) is 4.39 Å². The van der Waals surface area contributed by atoms with Gasteiger partial charge in [-0.1, -0.05) is 17.2 Å². The molecule has 0 unspecified atom stereocenters. The number of nitrogens with two attached hydrogens (primary N) is 1. The molecular weight excluding hydrogens is 500 g/mol. The number of alkyl halides is 1. The number of anilines is 3. The number of benzene rings is 2. The van der Waals surface area contributed by atoms with Crippen LogP contribution in [0.3, 0.4) is 0 Å². The van der Waals surface area contributed by atoms with E-state index in [4.69, 9.17) is 8.36 Å². The van der Waals surface area contributed by atoms with Gasteiger partial charge in [0.25, 0.3) is 0 Å². The van der Waals surface area contributed by atoms with Crippen LogP contribution >= 0.6 is 0 Å². The van der Waals surface area contributed by atoms with Crippen LogP contribution in [0.2, 0.25) is 0 Å². The zero-order valence-corrected chi connectivity index (χ0v) is 18.3. The molecule has 0 bridgehead atoms. The van der Waals surface area contributed by atoms with Crippen LogP contribution < -0.4 is 36.1 Å². The summed E-state index contributed by atoms with van der Waals surface area (Å²) in [4.78, 5) is 12.4. The fraction of sp³-hybridized carbons (Fsp3) is 0.286. The number of nitrogens with one attached hydrogen (secondary N) is 2. The third-order valence-electron chi connectivity index (χ3n) is 5.21. The van der Waals surface area contributed by atoms with E-state index in [0.717, 1.165) is 3.92 Å². The summed E-state index contributed by atoms with van der Waals surface area (Å²) in [6.07, 6.45) is 4.78. The normalized spacial score (nSPS) is 18.9. The maximum atomic E-state index is 13.7. The van der Waals surface area contributed by atoms with Crippen LogP contribution in [-0.2, 0) is 0 Å². The molecule has 7 nitrogen and oxygen atoms in total. The van der Waals surface area contributed by atoms with Gasteiger partial charge in [0, 0.05) is 0 Å². The first-order valence-corrected chi connectivity index (χ1v) is 12.2. The molecule has 3 aromatic rings. The van der Waals surface area contributed by atoms with Crippen LogP contribution in [0.1, 0.15) is 47.8 Å². The summed E-state index contributed by atoms with van der Waals surface area (Å²) in [6, 6.07) is 13.9. The zero-order chi connectivity index (χ0) is 20.9. The molecule has 158 valence electrons. The molecule has 0 spiro atoms. The molecule has 4 N–H and O–H groups in total. The van der Waals surface area contributed by atoms with E-state index in [1.165, 1.54) is 43.4 Å². The summed E-state index contributed by atoms with van der Waals surface area (Å²) in [5, 5.41) is 12.9. The van der Waals surface area contributed by atoms with Crippen molar-refractivity contribution in [1.82, 2.24) is 10.2 Å². The summed E-state index contributed by atoms with van der Waals surface area (Å²) < 4.78 is 25.6. The maximum absolute atomic E-state index is 13.7. The van der Waals surface area contributed by atoms with Gasteiger partial charge < -0.3 is 5.32 Å². The van der Waals surface area contributed by atoms with Gasteiger partial charge >= 0.3 is 134 Å². The van der Waals surface area contributed by atoms with Crippen LogP contribution in [0.4, 0.5) is 21.8 Å². The molecule has 0 radical (unpaired) electrons. The zero-order valence-electron chi connectivity index (χ0n) is 16.1. The van der Waals surface area contributed by atoms with Crippen molar-refractivity contribution in [3.63, 3.8) is 0 Å². The number of carbonyl (C=O) groups excluding carboxylic acids is 1. The molecule has 1 heterocycles. The molecule has 0 atom stereocenters. The number of hydrogen-bond acceptors (Lipinski definition) is 6. The minimum absolute atomic E-state index is 0.0592. The van der Waals surface area contributed by atoms with Crippen molar-refractivity contribution in [1.29, 1.82) is 0 Å². The van der Waals surface area contributed by atoms with E-state index in [1.807, 2.05) is 12.1 Å². The Balaban J connectivity index is 1.35. The topological polar surface area (TPSA) is 106 Å².